The van der Waals surface area contributed by atoms with E-state index in [0.29, 0.717) is 4.48 Å². The predicted molar refractivity (Wildman–Crippen MR) is 51.4 cm³/mol. The third-order valence-corrected chi connectivity index (χ3v) is 3.18. The van der Waals surface area contributed by atoms with Crippen molar-refractivity contribution in [1.29, 1.82) is 0 Å². The van der Waals surface area contributed by atoms with Crippen LogP contribution in [0.25, 0.3) is 0 Å². The summed E-state index contributed by atoms with van der Waals surface area (Å²) < 4.78 is 27.7. The van der Waals surface area contributed by atoms with E-state index in [1.165, 1.54) is 16.7 Å². The van der Waals surface area contributed by atoms with Crippen molar-refractivity contribution in [3.8, 4) is 0 Å². The van der Waals surface area contributed by atoms with Crippen LogP contribution in [0.4, 0.5) is 0 Å². The van der Waals surface area contributed by atoms with Crippen molar-refractivity contribution in [3.05, 3.63) is 10.7 Å². The molecule has 0 aromatic heterocycles. The van der Waals surface area contributed by atoms with Crippen LogP contribution in [0.15, 0.2) is 15.1 Å². The number of hydrogen-bond donors (Lipinski definition) is 0. The Hall–Kier alpha value is -0.360. The standard InChI is InChI=1S/C6H9BrN2O2S/c1-5(2)9-4-6(7)3-8-12(9,10)11/h3-5H,1-2H3. The van der Waals surface area contributed by atoms with Crippen LogP contribution in [0.2, 0.25) is 0 Å². The van der Waals surface area contributed by atoms with E-state index in [4.69, 9.17) is 0 Å². The summed E-state index contributed by atoms with van der Waals surface area (Å²) in [5.74, 6) is 0. The second-order valence-corrected chi connectivity index (χ2v) is 5.09. The molecule has 1 aliphatic heterocycles. The molecular weight excluding hydrogens is 244 g/mol. The molecule has 0 spiro atoms. The Morgan fingerprint density at radius 3 is 2.58 bits per heavy atom. The smallest absolute Gasteiger partial charge is 0.255 e. The summed E-state index contributed by atoms with van der Waals surface area (Å²) >= 11 is 3.15. The molecule has 0 aromatic rings. The first kappa shape index (κ1) is 9.73. The zero-order valence-corrected chi connectivity index (χ0v) is 9.13. The van der Waals surface area contributed by atoms with Crippen LogP contribution in [0.3, 0.4) is 0 Å². The van der Waals surface area contributed by atoms with E-state index < -0.39 is 10.2 Å². The fraction of sp³-hybridized carbons (Fsp3) is 0.500. The molecular formula is C6H9BrN2O2S. The van der Waals surface area contributed by atoms with Gasteiger partial charge < -0.3 is 0 Å². The van der Waals surface area contributed by atoms with E-state index in [-0.39, 0.29) is 6.04 Å². The van der Waals surface area contributed by atoms with Crippen LogP contribution in [-0.2, 0) is 10.2 Å². The molecule has 0 radical (unpaired) electrons. The van der Waals surface area contributed by atoms with Gasteiger partial charge in [-0.2, -0.15) is 12.8 Å². The molecule has 0 aliphatic carbocycles. The van der Waals surface area contributed by atoms with Crippen molar-refractivity contribution in [2.45, 2.75) is 19.9 Å². The lowest BCUT2D eigenvalue weighted by atomic mass is 10.4. The Labute approximate surface area is 80.3 Å². The number of halogens is 1. The van der Waals surface area contributed by atoms with Gasteiger partial charge in [-0.3, -0.25) is 4.31 Å². The Kier molecular flexibility index (Phi) is 2.58. The summed E-state index contributed by atoms with van der Waals surface area (Å²) in [4.78, 5) is 0. The van der Waals surface area contributed by atoms with Gasteiger partial charge in [-0.05, 0) is 29.8 Å². The zero-order valence-electron chi connectivity index (χ0n) is 6.73. The SMILES string of the molecule is CC(C)N1C=C(Br)C=NS1(=O)=O. The van der Waals surface area contributed by atoms with E-state index >= 15 is 0 Å². The third-order valence-electron chi connectivity index (χ3n) is 1.34. The molecule has 0 atom stereocenters. The van der Waals surface area contributed by atoms with Crippen LogP contribution >= 0.6 is 15.9 Å². The average Bonchev–Trinajstić information content (AvgIpc) is 1.94. The summed E-state index contributed by atoms with van der Waals surface area (Å²) in [5, 5.41) is 0. The number of nitrogens with zero attached hydrogens (tertiary/aromatic N) is 2. The molecule has 4 nitrogen and oxygen atoms in total. The Morgan fingerprint density at radius 1 is 1.58 bits per heavy atom. The minimum Gasteiger partial charge on any atom is -0.255 e. The molecule has 68 valence electrons. The average molecular weight is 253 g/mol. The highest BCUT2D eigenvalue weighted by molar-refractivity contribution is 9.12. The van der Waals surface area contributed by atoms with Gasteiger partial charge >= 0.3 is 10.2 Å². The molecule has 1 aliphatic rings. The van der Waals surface area contributed by atoms with Gasteiger partial charge in [-0.1, -0.05) is 0 Å². The highest BCUT2D eigenvalue weighted by Crippen LogP contribution is 2.18. The van der Waals surface area contributed by atoms with Gasteiger partial charge in [0.25, 0.3) is 0 Å². The van der Waals surface area contributed by atoms with Gasteiger partial charge in [0.15, 0.2) is 0 Å². The first-order chi connectivity index (χ1) is 5.43. The first-order valence-electron chi connectivity index (χ1n) is 3.39. The monoisotopic (exact) mass is 252 g/mol. The largest absolute Gasteiger partial charge is 0.344 e. The van der Waals surface area contributed by atoms with Crippen molar-refractivity contribution in [2.75, 3.05) is 0 Å². The molecule has 0 saturated heterocycles. The maximum atomic E-state index is 11.2. The minimum atomic E-state index is -3.46. The molecule has 0 unspecified atom stereocenters. The fourth-order valence-electron chi connectivity index (χ4n) is 0.808. The minimum absolute atomic E-state index is 0.111. The highest BCUT2D eigenvalue weighted by atomic mass is 79.9. The van der Waals surface area contributed by atoms with Crippen LogP contribution in [-0.4, -0.2) is 25.0 Å². The Bertz CT molecular complexity index is 331. The maximum absolute atomic E-state index is 11.2. The van der Waals surface area contributed by atoms with E-state index in [1.807, 2.05) is 0 Å². The normalized spacial score (nSPS) is 21.3. The lowest BCUT2D eigenvalue weighted by Gasteiger charge is -2.23. The topological polar surface area (TPSA) is 49.7 Å². The number of rotatable bonds is 1. The van der Waals surface area contributed by atoms with Gasteiger partial charge in [0.2, 0.25) is 0 Å². The highest BCUT2D eigenvalue weighted by Gasteiger charge is 2.23. The Morgan fingerprint density at radius 2 is 2.17 bits per heavy atom. The summed E-state index contributed by atoms with van der Waals surface area (Å²) in [6.45, 7) is 3.57. The van der Waals surface area contributed by atoms with Crippen LogP contribution < -0.4 is 0 Å². The van der Waals surface area contributed by atoms with E-state index in [1.54, 1.807) is 13.8 Å². The van der Waals surface area contributed by atoms with Crippen molar-refractivity contribution >= 4 is 32.4 Å². The van der Waals surface area contributed by atoms with E-state index in [9.17, 15) is 8.42 Å². The quantitative estimate of drug-likeness (QED) is 0.706. The fourth-order valence-corrected chi connectivity index (χ4v) is 2.54. The summed E-state index contributed by atoms with van der Waals surface area (Å²) in [6, 6.07) is -0.111. The van der Waals surface area contributed by atoms with Crippen molar-refractivity contribution in [3.63, 3.8) is 0 Å². The van der Waals surface area contributed by atoms with Crippen LogP contribution in [0.5, 0.6) is 0 Å². The summed E-state index contributed by atoms with van der Waals surface area (Å²) in [7, 11) is -3.46. The Balaban J connectivity index is 3.07. The lowest BCUT2D eigenvalue weighted by Crippen LogP contribution is -2.32. The predicted octanol–water partition coefficient (Wildman–Crippen LogP) is 1.26. The molecule has 0 fully saturated rings. The van der Waals surface area contributed by atoms with Crippen molar-refractivity contribution in [1.82, 2.24) is 4.31 Å². The van der Waals surface area contributed by atoms with Gasteiger partial charge in [0.05, 0.1) is 10.7 Å². The summed E-state index contributed by atoms with van der Waals surface area (Å²) in [6.07, 6.45) is 2.78. The van der Waals surface area contributed by atoms with Crippen molar-refractivity contribution < 1.29 is 8.42 Å². The number of hydrogen-bond acceptors (Lipinski definition) is 2. The molecule has 0 amide bonds. The molecule has 1 rings (SSSR count). The van der Waals surface area contributed by atoms with Crippen molar-refractivity contribution in [2.24, 2.45) is 4.40 Å². The lowest BCUT2D eigenvalue weighted by molar-refractivity contribution is 0.442. The van der Waals surface area contributed by atoms with Gasteiger partial charge in [-0.15, -0.1) is 0 Å². The zero-order chi connectivity index (χ0) is 9.35. The second-order valence-electron chi connectivity index (χ2n) is 2.65. The second kappa shape index (κ2) is 3.18. The van der Waals surface area contributed by atoms with Gasteiger partial charge in [0, 0.05) is 12.2 Å². The first-order valence-corrected chi connectivity index (χ1v) is 5.58. The molecule has 0 bridgehead atoms. The molecule has 6 heteroatoms. The van der Waals surface area contributed by atoms with Gasteiger partial charge in [0.1, 0.15) is 0 Å². The third kappa shape index (κ3) is 1.87. The molecule has 0 N–H and O–H groups in total. The van der Waals surface area contributed by atoms with Gasteiger partial charge in [-0.25, -0.2) is 0 Å². The van der Waals surface area contributed by atoms with Crippen LogP contribution in [0.1, 0.15) is 13.8 Å². The van der Waals surface area contributed by atoms with E-state index in [2.05, 4.69) is 20.3 Å². The molecule has 0 saturated carbocycles. The molecule has 0 aromatic carbocycles. The van der Waals surface area contributed by atoms with Crippen LogP contribution in [0, 0.1) is 0 Å². The molecule has 1 heterocycles. The number of allylic oxidation sites excluding steroid dienone is 1. The van der Waals surface area contributed by atoms with E-state index in [0.717, 1.165) is 0 Å². The summed E-state index contributed by atoms with van der Waals surface area (Å²) in [5.41, 5.74) is 0. The molecule has 12 heavy (non-hydrogen) atoms. The maximum Gasteiger partial charge on any atom is 0.344 e.